The van der Waals surface area contributed by atoms with Gasteiger partial charge in [-0.15, -0.1) is 0 Å². The van der Waals surface area contributed by atoms with Crippen LogP contribution in [0.4, 0.5) is 4.39 Å². The Morgan fingerprint density at radius 2 is 1.82 bits per heavy atom. The van der Waals surface area contributed by atoms with Gasteiger partial charge in [-0.3, -0.25) is 4.79 Å². The molecule has 3 rings (SSSR count). The number of Topliss-reactive ketones (excluding diaryl/α,β-unsaturated/α-hetero) is 1. The van der Waals surface area contributed by atoms with Crippen LogP contribution in [0.25, 0.3) is 11.1 Å². The molecule has 0 amide bonds. The van der Waals surface area contributed by atoms with Crippen molar-refractivity contribution in [1.29, 1.82) is 0 Å². The fraction of sp³-hybridized carbons (Fsp3) is 0.350. The number of carbonyl (C=O) groups is 1. The molecule has 2 aromatic rings. The van der Waals surface area contributed by atoms with E-state index in [-0.39, 0.29) is 23.1 Å². The van der Waals surface area contributed by atoms with Crippen molar-refractivity contribution in [2.24, 2.45) is 11.3 Å². The summed E-state index contributed by atoms with van der Waals surface area (Å²) in [5.41, 5.74) is 2.53. The number of benzene rings is 2. The molecule has 0 unspecified atom stereocenters. The molecule has 1 aliphatic carbocycles. The zero-order valence-corrected chi connectivity index (χ0v) is 13.3. The summed E-state index contributed by atoms with van der Waals surface area (Å²) in [6.07, 6.45) is 0.567. The van der Waals surface area contributed by atoms with Crippen molar-refractivity contribution in [2.45, 2.75) is 33.1 Å². The number of halogens is 1. The van der Waals surface area contributed by atoms with Crippen LogP contribution in [-0.4, -0.2) is 5.78 Å². The maximum absolute atomic E-state index is 14.2. The molecular formula is C20H21FO. The highest BCUT2D eigenvalue weighted by atomic mass is 19.1. The van der Waals surface area contributed by atoms with E-state index in [1.807, 2.05) is 49.4 Å². The van der Waals surface area contributed by atoms with Gasteiger partial charge in [0.25, 0.3) is 0 Å². The van der Waals surface area contributed by atoms with Crippen molar-refractivity contribution < 1.29 is 9.18 Å². The lowest BCUT2D eigenvalue weighted by Crippen LogP contribution is -2.03. The fourth-order valence-corrected chi connectivity index (χ4v) is 3.66. The lowest BCUT2D eigenvalue weighted by atomic mass is 9.97. The smallest absolute Gasteiger partial charge is 0.136 e. The number of hydrogen-bond acceptors (Lipinski definition) is 1. The third-order valence-electron chi connectivity index (χ3n) is 4.96. The zero-order valence-electron chi connectivity index (χ0n) is 13.3. The van der Waals surface area contributed by atoms with Crippen LogP contribution in [0.5, 0.6) is 0 Å². The number of ketones is 1. The molecule has 2 atom stereocenters. The van der Waals surface area contributed by atoms with Crippen LogP contribution >= 0.6 is 0 Å². The molecule has 114 valence electrons. The van der Waals surface area contributed by atoms with Gasteiger partial charge in [-0.1, -0.05) is 57.2 Å². The van der Waals surface area contributed by atoms with E-state index in [9.17, 15) is 9.18 Å². The largest absolute Gasteiger partial charge is 0.299 e. The minimum Gasteiger partial charge on any atom is -0.299 e. The molecule has 22 heavy (non-hydrogen) atoms. The molecule has 0 radical (unpaired) electrons. The van der Waals surface area contributed by atoms with Crippen molar-refractivity contribution in [3.63, 3.8) is 0 Å². The van der Waals surface area contributed by atoms with E-state index in [1.54, 1.807) is 0 Å². The van der Waals surface area contributed by atoms with Crippen LogP contribution in [0.1, 0.15) is 38.7 Å². The summed E-state index contributed by atoms with van der Waals surface area (Å²) in [5.74, 6) is 0.349. The first-order chi connectivity index (χ1) is 10.5. The van der Waals surface area contributed by atoms with E-state index in [1.165, 1.54) is 6.07 Å². The lowest BCUT2D eigenvalue weighted by Gasteiger charge is -2.08. The van der Waals surface area contributed by atoms with Crippen LogP contribution in [-0.2, 0) is 4.79 Å². The molecule has 1 aliphatic rings. The van der Waals surface area contributed by atoms with Crippen LogP contribution < -0.4 is 0 Å². The van der Waals surface area contributed by atoms with Gasteiger partial charge < -0.3 is 0 Å². The van der Waals surface area contributed by atoms with Gasteiger partial charge in [0.2, 0.25) is 0 Å². The molecule has 0 N–H and O–H groups in total. The Balaban J connectivity index is 1.99. The van der Waals surface area contributed by atoms with Gasteiger partial charge in [-0.25, -0.2) is 4.39 Å². The summed E-state index contributed by atoms with van der Waals surface area (Å²) < 4.78 is 14.2. The Kier molecular flexibility index (Phi) is 3.64. The van der Waals surface area contributed by atoms with Gasteiger partial charge in [0.15, 0.2) is 0 Å². The third kappa shape index (κ3) is 2.37. The Morgan fingerprint density at radius 3 is 2.45 bits per heavy atom. The first-order valence-electron chi connectivity index (χ1n) is 7.84. The summed E-state index contributed by atoms with van der Waals surface area (Å²) in [6, 6.07) is 14.8. The second-order valence-electron chi connectivity index (χ2n) is 6.70. The van der Waals surface area contributed by atoms with Crippen LogP contribution in [0.15, 0.2) is 48.5 Å². The maximum Gasteiger partial charge on any atom is 0.136 e. The molecule has 0 bridgehead atoms. The summed E-state index contributed by atoms with van der Waals surface area (Å²) in [6.45, 7) is 6.16. The molecule has 2 aromatic carbocycles. The minimum atomic E-state index is -0.216. The van der Waals surface area contributed by atoms with E-state index in [0.29, 0.717) is 17.8 Å². The monoisotopic (exact) mass is 296 g/mol. The fourth-order valence-electron chi connectivity index (χ4n) is 3.66. The number of carbonyl (C=O) groups excluding carboxylic acids is 1. The summed E-state index contributed by atoms with van der Waals surface area (Å²) in [7, 11) is 0. The van der Waals surface area contributed by atoms with E-state index in [4.69, 9.17) is 0 Å². The van der Waals surface area contributed by atoms with Crippen LogP contribution in [0.3, 0.4) is 0 Å². The first-order valence-corrected chi connectivity index (χ1v) is 7.84. The SMILES string of the molecule is CCC(=O)[C@@H]1[C@@H](c2ccc(F)c(-c3ccccc3)c2)C1(C)C. The standard InChI is InChI=1S/C20H21FO/c1-4-17(22)19-18(20(19,2)3)14-10-11-16(21)15(12-14)13-8-6-5-7-9-13/h5-12,18-19H,4H2,1-3H3/t18-,19-/m1/s1. The second kappa shape index (κ2) is 5.35. The predicted octanol–water partition coefficient (Wildman–Crippen LogP) is 5.21. The Bertz CT molecular complexity index is 703. The summed E-state index contributed by atoms with van der Waals surface area (Å²) in [4.78, 5) is 12.1. The first kappa shape index (κ1) is 15.0. The number of rotatable bonds is 4. The van der Waals surface area contributed by atoms with Crippen LogP contribution in [0, 0.1) is 17.2 Å². The Labute approximate surface area is 131 Å². The molecule has 0 aliphatic heterocycles. The zero-order chi connectivity index (χ0) is 15.9. The van der Waals surface area contributed by atoms with Gasteiger partial charge in [-0.2, -0.15) is 0 Å². The quantitative estimate of drug-likeness (QED) is 0.756. The molecule has 1 fully saturated rings. The summed E-state index contributed by atoms with van der Waals surface area (Å²) in [5, 5.41) is 0. The average molecular weight is 296 g/mol. The predicted molar refractivity (Wildman–Crippen MR) is 87.1 cm³/mol. The van der Waals surface area contributed by atoms with Gasteiger partial charge >= 0.3 is 0 Å². The minimum absolute atomic E-state index is 0.0289. The molecule has 0 saturated heterocycles. The maximum atomic E-state index is 14.2. The molecule has 1 nitrogen and oxygen atoms in total. The Hall–Kier alpha value is -1.96. The summed E-state index contributed by atoms with van der Waals surface area (Å²) >= 11 is 0. The molecule has 1 saturated carbocycles. The van der Waals surface area contributed by atoms with Crippen molar-refractivity contribution in [2.75, 3.05) is 0 Å². The van der Waals surface area contributed by atoms with Gasteiger partial charge in [-0.05, 0) is 34.6 Å². The molecule has 0 heterocycles. The van der Waals surface area contributed by atoms with E-state index in [2.05, 4.69) is 13.8 Å². The van der Waals surface area contributed by atoms with Gasteiger partial charge in [0, 0.05) is 17.9 Å². The Morgan fingerprint density at radius 1 is 1.14 bits per heavy atom. The highest BCUT2D eigenvalue weighted by molar-refractivity contribution is 5.86. The van der Waals surface area contributed by atoms with Gasteiger partial charge in [0.1, 0.15) is 11.6 Å². The van der Waals surface area contributed by atoms with Gasteiger partial charge in [0.05, 0.1) is 0 Å². The molecule has 0 aromatic heterocycles. The van der Waals surface area contributed by atoms with Crippen LogP contribution in [0.2, 0.25) is 0 Å². The molecular weight excluding hydrogens is 275 g/mol. The van der Waals surface area contributed by atoms with Crippen molar-refractivity contribution >= 4 is 5.78 Å². The average Bonchev–Trinajstić information content (AvgIpc) is 3.10. The second-order valence-corrected chi connectivity index (χ2v) is 6.70. The van der Waals surface area contributed by atoms with Crippen molar-refractivity contribution in [3.05, 3.63) is 59.9 Å². The topological polar surface area (TPSA) is 17.1 Å². The third-order valence-corrected chi connectivity index (χ3v) is 4.96. The van der Waals surface area contributed by atoms with E-state index >= 15 is 0 Å². The van der Waals surface area contributed by atoms with Crippen molar-refractivity contribution in [1.82, 2.24) is 0 Å². The highest BCUT2D eigenvalue weighted by Crippen LogP contribution is 2.65. The van der Waals surface area contributed by atoms with Crippen molar-refractivity contribution in [3.8, 4) is 11.1 Å². The highest BCUT2D eigenvalue weighted by Gasteiger charge is 2.61. The number of hydrogen-bond donors (Lipinski definition) is 0. The van der Waals surface area contributed by atoms with E-state index < -0.39 is 0 Å². The molecule has 2 heteroatoms. The normalized spacial score (nSPS) is 22.4. The van der Waals surface area contributed by atoms with E-state index in [0.717, 1.165) is 11.1 Å². The molecule has 0 spiro atoms. The lowest BCUT2D eigenvalue weighted by molar-refractivity contribution is -0.120.